The van der Waals surface area contributed by atoms with E-state index in [9.17, 15) is 0 Å². The van der Waals surface area contributed by atoms with Crippen molar-refractivity contribution in [2.75, 3.05) is 6.54 Å². The van der Waals surface area contributed by atoms with Crippen LogP contribution in [-0.2, 0) is 0 Å². The Morgan fingerprint density at radius 2 is 2.00 bits per heavy atom. The van der Waals surface area contributed by atoms with Gasteiger partial charge in [0.25, 0.3) is 0 Å². The van der Waals surface area contributed by atoms with E-state index in [1.54, 1.807) is 0 Å². The SMILES string of the molecule is CC1CC(C)C2CCCNC2C1. The number of nitrogens with one attached hydrogen (secondary N) is 1. The van der Waals surface area contributed by atoms with E-state index in [4.69, 9.17) is 0 Å². The van der Waals surface area contributed by atoms with Crippen LogP contribution in [0.25, 0.3) is 0 Å². The number of piperidine rings is 1. The molecule has 0 amide bonds. The third-order valence-corrected chi connectivity index (χ3v) is 3.80. The minimum Gasteiger partial charge on any atom is -0.314 e. The fourth-order valence-corrected chi connectivity index (χ4v) is 3.26. The summed E-state index contributed by atoms with van der Waals surface area (Å²) in [6.07, 6.45) is 5.77. The first kappa shape index (κ1) is 8.55. The van der Waals surface area contributed by atoms with Crippen molar-refractivity contribution in [3.05, 3.63) is 0 Å². The van der Waals surface area contributed by atoms with Gasteiger partial charge in [-0.2, -0.15) is 0 Å². The largest absolute Gasteiger partial charge is 0.314 e. The normalized spacial score (nSPS) is 48.5. The van der Waals surface area contributed by atoms with Crippen LogP contribution in [0, 0.1) is 17.8 Å². The van der Waals surface area contributed by atoms with Crippen LogP contribution in [0.1, 0.15) is 39.5 Å². The second kappa shape index (κ2) is 3.37. The van der Waals surface area contributed by atoms with Crippen molar-refractivity contribution in [1.82, 2.24) is 5.32 Å². The molecule has 12 heavy (non-hydrogen) atoms. The highest BCUT2D eigenvalue weighted by atomic mass is 14.9. The molecule has 1 heteroatoms. The lowest BCUT2D eigenvalue weighted by Gasteiger charge is -2.43. The van der Waals surface area contributed by atoms with Gasteiger partial charge in [0.05, 0.1) is 0 Å². The summed E-state index contributed by atoms with van der Waals surface area (Å²) >= 11 is 0. The molecule has 0 aromatic rings. The highest BCUT2D eigenvalue weighted by Crippen LogP contribution is 2.37. The number of rotatable bonds is 0. The molecular formula is C11H21N. The predicted molar refractivity (Wildman–Crippen MR) is 52.1 cm³/mol. The fourth-order valence-electron chi connectivity index (χ4n) is 3.26. The van der Waals surface area contributed by atoms with E-state index in [1.165, 1.54) is 32.2 Å². The lowest BCUT2D eigenvalue weighted by molar-refractivity contribution is 0.117. The molecule has 0 bridgehead atoms. The van der Waals surface area contributed by atoms with E-state index >= 15 is 0 Å². The Bertz CT molecular complexity index is 155. The minimum atomic E-state index is 0.859. The monoisotopic (exact) mass is 167 g/mol. The van der Waals surface area contributed by atoms with Gasteiger partial charge >= 0.3 is 0 Å². The molecular weight excluding hydrogens is 146 g/mol. The molecule has 0 aromatic heterocycles. The van der Waals surface area contributed by atoms with Gasteiger partial charge in [0.15, 0.2) is 0 Å². The smallest absolute Gasteiger partial charge is 0.0100 e. The number of hydrogen-bond acceptors (Lipinski definition) is 1. The van der Waals surface area contributed by atoms with E-state index in [1.807, 2.05) is 0 Å². The Kier molecular flexibility index (Phi) is 2.40. The molecule has 1 saturated heterocycles. The van der Waals surface area contributed by atoms with Crippen LogP contribution >= 0.6 is 0 Å². The quantitative estimate of drug-likeness (QED) is 0.584. The molecule has 1 aliphatic carbocycles. The molecule has 2 rings (SSSR count). The second-order valence-corrected chi connectivity index (χ2v) is 4.92. The van der Waals surface area contributed by atoms with Gasteiger partial charge in [-0.3, -0.25) is 0 Å². The summed E-state index contributed by atoms with van der Waals surface area (Å²) < 4.78 is 0. The van der Waals surface area contributed by atoms with Crippen LogP contribution in [0.3, 0.4) is 0 Å². The second-order valence-electron chi connectivity index (χ2n) is 4.92. The van der Waals surface area contributed by atoms with Gasteiger partial charge < -0.3 is 5.32 Å². The first-order chi connectivity index (χ1) is 5.77. The summed E-state index contributed by atoms with van der Waals surface area (Å²) in [4.78, 5) is 0. The van der Waals surface area contributed by atoms with Crippen LogP contribution < -0.4 is 5.32 Å². The van der Waals surface area contributed by atoms with Crippen LogP contribution in [0.2, 0.25) is 0 Å². The van der Waals surface area contributed by atoms with Crippen molar-refractivity contribution in [2.45, 2.75) is 45.6 Å². The first-order valence-corrected chi connectivity index (χ1v) is 5.50. The molecule has 2 aliphatic rings. The van der Waals surface area contributed by atoms with E-state index < -0.39 is 0 Å². The molecule has 1 N–H and O–H groups in total. The van der Waals surface area contributed by atoms with Gasteiger partial charge in [-0.05, 0) is 50.0 Å². The third kappa shape index (κ3) is 1.52. The average molecular weight is 167 g/mol. The molecule has 1 nitrogen and oxygen atoms in total. The maximum atomic E-state index is 3.68. The van der Waals surface area contributed by atoms with Crippen LogP contribution in [0.15, 0.2) is 0 Å². The van der Waals surface area contributed by atoms with Crippen molar-refractivity contribution >= 4 is 0 Å². The predicted octanol–water partition coefficient (Wildman–Crippen LogP) is 2.42. The Morgan fingerprint density at radius 1 is 1.17 bits per heavy atom. The average Bonchev–Trinajstić information content (AvgIpc) is 2.04. The lowest BCUT2D eigenvalue weighted by atomic mass is 9.69. The van der Waals surface area contributed by atoms with Gasteiger partial charge in [0, 0.05) is 6.04 Å². The first-order valence-electron chi connectivity index (χ1n) is 5.50. The molecule has 0 spiro atoms. The zero-order valence-corrected chi connectivity index (χ0v) is 8.34. The summed E-state index contributed by atoms with van der Waals surface area (Å²) in [6, 6.07) is 0.859. The molecule has 1 saturated carbocycles. The molecule has 2 fully saturated rings. The summed E-state index contributed by atoms with van der Waals surface area (Å²) in [5, 5.41) is 3.68. The molecule has 4 atom stereocenters. The van der Waals surface area contributed by atoms with Gasteiger partial charge in [0.2, 0.25) is 0 Å². The van der Waals surface area contributed by atoms with Gasteiger partial charge in [-0.15, -0.1) is 0 Å². The van der Waals surface area contributed by atoms with Gasteiger partial charge in [-0.25, -0.2) is 0 Å². The van der Waals surface area contributed by atoms with Crippen LogP contribution in [0.4, 0.5) is 0 Å². The summed E-state index contributed by atoms with van der Waals surface area (Å²) in [7, 11) is 0. The third-order valence-electron chi connectivity index (χ3n) is 3.80. The Hall–Kier alpha value is -0.0400. The van der Waals surface area contributed by atoms with Crippen molar-refractivity contribution < 1.29 is 0 Å². The maximum absolute atomic E-state index is 3.68. The Balaban J connectivity index is 2.01. The number of hydrogen-bond donors (Lipinski definition) is 1. The highest BCUT2D eigenvalue weighted by Gasteiger charge is 2.34. The molecule has 4 unspecified atom stereocenters. The van der Waals surface area contributed by atoms with Crippen LogP contribution in [-0.4, -0.2) is 12.6 Å². The lowest BCUT2D eigenvalue weighted by Crippen LogP contribution is -2.47. The molecule has 70 valence electrons. The van der Waals surface area contributed by atoms with E-state index in [2.05, 4.69) is 19.2 Å². The summed E-state index contributed by atoms with van der Waals surface area (Å²) in [6.45, 7) is 6.12. The van der Waals surface area contributed by atoms with E-state index in [-0.39, 0.29) is 0 Å². The minimum absolute atomic E-state index is 0.859. The maximum Gasteiger partial charge on any atom is 0.0100 e. The molecule has 1 aliphatic heterocycles. The van der Waals surface area contributed by atoms with E-state index in [0.29, 0.717) is 0 Å². The van der Waals surface area contributed by atoms with E-state index in [0.717, 1.165) is 23.8 Å². The van der Waals surface area contributed by atoms with Crippen molar-refractivity contribution in [1.29, 1.82) is 0 Å². The standard InChI is InChI=1S/C11H21N/c1-8-6-9(2)10-4-3-5-12-11(10)7-8/h8-12H,3-7H2,1-2H3. The Morgan fingerprint density at radius 3 is 2.83 bits per heavy atom. The molecule has 1 heterocycles. The zero-order chi connectivity index (χ0) is 8.55. The van der Waals surface area contributed by atoms with Crippen molar-refractivity contribution in [3.63, 3.8) is 0 Å². The molecule has 0 radical (unpaired) electrons. The summed E-state index contributed by atoms with van der Waals surface area (Å²) in [5.74, 6) is 2.91. The topological polar surface area (TPSA) is 12.0 Å². The van der Waals surface area contributed by atoms with Gasteiger partial charge in [-0.1, -0.05) is 13.8 Å². The Labute approximate surface area is 75.9 Å². The fraction of sp³-hybridized carbons (Fsp3) is 1.00. The van der Waals surface area contributed by atoms with Crippen molar-refractivity contribution in [3.8, 4) is 0 Å². The van der Waals surface area contributed by atoms with Gasteiger partial charge in [0.1, 0.15) is 0 Å². The summed E-state index contributed by atoms with van der Waals surface area (Å²) in [5.41, 5.74) is 0. The highest BCUT2D eigenvalue weighted by molar-refractivity contribution is 4.89. The number of fused-ring (bicyclic) bond motifs is 1. The molecule has 0 aromatic carbocycles. The van der Waals surface area contributed by atoms with Crippen molar-refractivity contribution in [2.24, 2.45) is 17.8 Å². The van der Waals surface area contributed by atoms with Crippen LogP contribution in [0.5, 0.6) is 0 Å². The zero-order valence-electron chi connectivity index (χ0n) is 8.34.